The number of nitrogens with zero attached hydrogens (tertiary/aromatic N) is 2. The molecule has 0 saturated heterocycles. The topological polar surface area (TPSA) is 63.8 Å². The van der Waals surface area contributed by atoms with Gasteiger partial charge in [0.2, 0.25) is 0 Å². The molecule has 0 aliphatic heterocycles. The molecule has 104 valence electrons. The fourth-order valence-corrected chi connectivity index (χ4v) is 1.59. The zero-order chi connectivity index (χ0) is 14.7. The molecule has 0 unspecified atom stereocenters. The van der Waals surface area contributed by atoms with Crippen LogP contribution in [0.4, 0.5) is 5.82 Å². The summed E-state index contributed by atoms with van der Waals surface area (Å²) < 4.78 is 2.86. The molecule has 0 aliphatic carbocycles. The van der Waals surface area contributed by atoms with Gasteiger partial charge in [-0.2, -0.15) is 0 Å². The Hall–Kier alpha value is -0.500. The van der Waals surface area contributed by atoms with E-state index in [1.165, 1.54) is 7.05 Å². The lowest BCUT2D eigenvalue weighted by Crippen LogP contribution is -1.89. The number of pyridine rings is 2. The second-order valence-corrected chi connectivity index (χ2v) is 5.55. The molecule has 0 saturated carbocycles. The van der Waals surface area contributed by atoms with Crippen molar-refractivity contribution in [1.29, 1.82) is 0 Å². The van der Waals surface area contributed by atoms with Gasteiger partial charge in [0.15, 0.2) is 0 Å². The Morgan fingerprint density at radius 2 is 1.42 bits per heavy atom. The van der Waals surface area contributed by atoms with Crippen molar-refractivity contribution < 1.29 is 0 Å². The van der Waals surface area contributed by atoms with E-state index in [2.05, 4.69) is 68.8 Å². The minimum absolute atomic E-state index is 0.862. The third-order valence-corrected chi connectivity index (χ3v) is 3.08. The number of rotatable bonds is 1. The lowest BCUT2D eigenvalue weighted by Gasteiger charge is -1.95. The average molecular weight is 455 g/mol. The Balaban J connectivity index is 0.000000303. The van der Waals surface area contributed by atoms with Crippen LogP contribution in [0.15, 0.2) is 50.2 Å². The molecule has 4 nitrogen and oxygen atoms in total. The van der Waals surface area contributed by atoms with E-state index in [1.807, 2.05) is 31.3 Å². The molecule has 0 fully saturated rings. The summed E-state index contributed by atoms with van der Waals surface area (Å²) in [5, 5.41) is 2.92. The maximum atomic E-state index is 4.50. The van der Waals surface area contributed by atoms with E-state index in [9.17, 15) is 0 Å². The van der Waals surface area contributed by atoms with E-state index in [-0.39, 0.29) is 0 Å². The van der Waals surface area contributed by atoms with Gasteiger partial charge in [-0.1, -0.05) is 0 Å². The number of anilines is 1. The number of halogens is 3. The van der Waals surface area contributed by atoms with Gasteiger partial charge in [0.05, 0.1) is 0 Å². The quantitative estimate of drug-likeness (QED) is 0.637. The third-order valence-electron chi connectivity index (χ3n) is 1.67. The molecule has 2 aromatic rings. The van der Waals surface area contributed by atoms with Gasteiger partial charge in [0.1, 0.15) is 10.4 Å². The van der Waals surface area contributed by atoms with E-state index in [0.717, 1.165) is 19.4 Å². The van der Waals surface area contributed by atoms with Crippen LogP contribution in [0.5, 0.6) is 0 Å². The van der Waals surface area contributed by atoms with E-state index < -0.39 is 0 Å². The van der Waals surface area contributed by atoms with Crippen molar-refractivity contribution in [2.45, 2.75) is 0 Å². The number of nitrogens with one attached hydrogen (secondary N) is 1. The first-order valence-corrected chi connectivity index (χ1v) is 7.64. The summed E-state index contributed by atoms with van der Waals surface area (Å²) in [6.45, 7) is 0. The summed E-state index contributed by atoms with van der Waals surface area (Å²) in [6, 6.07) is 7.66. The van der Waals surface area contributed by atoms with Crippen molar-refractivity contribution in [2.75, 3.05) is 19.4 Å². The second-order valence-electron chi connectivity index (χ2n) is 2.91. The molecule has 19 heavy (non-hydrogen) atoms. The summed E-state index contributed by atoms with van der Waals surface area (Å²) in [6.07, 6.45) is 3.50. The Kier molecular flexibility index (Phi) is 11.0. The highest BCUT2D eigenvalue weighted by Gasteiger charge is 1.86. The van der Waals surface area contributed by atoms with Gasteiger partial charge in [0.25, 0.3) is 0 Å². The molecule has 0 aliphatic rings. The van der Waals surface area contributed by atoms with Crippen LogP contribution in [-0.2, 0) is 0 Å². The van der Waals surface area contributed by atoms with Crippen molar-refractivity contribution in [1.82, 2.24) is 9.97 Å². The first-order valence-electron chi connectivity index (χ1n) is 5.26. The lowest BCUT2D eigenvalue weighted by molar-refractivity contribution is 1.26. The summed E-state index contributed by atoms with van der Waals surface area (Å²) in [7, 11) is 3.34. The van der Waals surface area contributed by atoms with Crippen LogP contribution in [0.2, 0.25) is 0 Å². The maximum Gasteiger partial charge on any atom is 0.125 e. The summed E-state index contributed by atoms with van der Waals surface area (Å²) >= 11 is 9.76. The van der Waals surface area contributed by atoms with Gasteiger partial charge in [-0.15, -0.1) is 0 Å². The fourth-order valence-electron chi connectivity index (χ4n) is 0.881. The molecule has 0 radical (unpaired) electrons. The van der Waals surface area contributed by atoms with Crippen molar-refractivity contribution in [3.63, 3.8) is 0 Å². The van der Waals surface area contributed by atoms with E-state index in [4.69, 9.17) is 0 Å². The van der Waals surface area contributed by atoms with Gasteiger partial charge >= 0.3 is 0 Å². The Bertz CT molecular complexity index is 425. The van der Waals surface area contributed by atoms with Crippen molar-refractivity contribution in [3.05, 3.63) is 50.2 Å². The molecular weight excluding hydrogens is 440 g/mol. The van der Waals surface area contributed by atoms with Gasteiger partial charge in [-0.05, 0) is 79.1 Å². The van der Waals surface area contributed by atoms with Crippen LogP contribution in [0.3, 0.4) is 0 Å². The molecule has 0 aromatic carbocycles. The highest BCUT2D eigenvalue weighted by atomic mass is 79.9. The number of aromatic nitrogens is 2. The molecule has 0 amide bonds. The van der Waals surface area contributed by atoms with E-state index in [1.54, 1.807) is 12.4 Å². The standard InChI is InChI=1S/C6H7BrN2.C5H3Br2N.CH5N/c1-8-6-3-2-5(7)4-9-6;6-4-1-2-5(7)8-3-4;1-2/h2-4H,1H3,(H,8,9);1-3H;2H2,1H3. The van der Waals surface area contributed by atoms with Gasteiger partial charge in [-0.3, -0.25) is 0 Å². The zero-order valence-corrected chi connectivity index (χ0v) is 15.3. The molecule has 2 heterocycles. The van der Waals surface area contributed by atoms with Gasteiger partial charge < -0.3 is 11.1 Å². The Labute approximate surface area is 138 Å². The molecular formula is C12H15Br3N4. The number of nitrogens with two attached hydrogens (primary N) is 1. The second kappa shape index (κ2) is 11.3. The van der Waals surface area contributed by atoms with Crippen molar-refractivity contribution in [3.8, 4) is 0 Å². The minimum Gasteiger partial charge on any atom is -0.373 e. The normalized spacial score (nSPS) is 8.53. The largest absolute Gasteiger partial charge is 0.373 e. The summed E-state index contributed by atoms with van der Waals surface area (Å²) in [5.74, 6) is 0.887. The molecule has 2 aromatic heterocycles. The highest BCUT2D eigenvalue weighted by molar-refractivity contribution is 9.11. The van der Waals surface area contributed by atoms with Crippen LogP contribution in [0.25, 0.3) is 0 Å². The predicted octanol–water partition coefficient (Wildman–Crippen LogP) is 4.07. The predicted molar refractivity (Wildman–Crippen MR) is 91.2 cm³/mol. The Morgan fingerprint density at radius 3 is 1.74 bits per heavy atom. The lowest BCUT2D eigenvalue weighted by atomic mass is 10.5. The molecule has 0 spiro atoms. The first-order chi connectivity index (χ1) is 9.11. The summed E-state index contributed by atoms with van der Waals surface area (Å²) in [5.41, 5.74) is 4.50. The molecule has 0 atom stereocenters. The average Bonchev–Trinajstić information content (AvgIpc) is 2.46. The zero-order valence-electron chi connectivity index (χ0n) is 10.6. The molecule has 3 N–H and O–H groups in total. The van der Waals surface area contributed by atoms with Crippen LogP contribution in [0.1, 0.15) is 0 Å². The van der Waals surface area contributed by atoms with Crippen molar-refractivity contribution >= 4 is 53.6 Å². The molecule has 0 bridgehead atoms. The van der Waals surface area contributed by atoms with E-state index in [0.29, 0.717) is 0 Å². The van der Waals surface area contributed by atoms with E-state index >= 15 is 0 Å². The minimum atomic E-state index is 0.862. The van der Waals surface area contributed by atoms with Gasteiger partial charge in [0, 0.05) is 28.4 Å². The van der Waals surface area contributed by atoms with Crippen LogP contribution in [-0.4, -0.2) is 24.1 Å². The smallest absolute Gasteiger partial charge is 0.125 e. The SMILES string of the molecule is Brc1ccc(Br)nc1.CN.CNc1ccc(Br)cn1. The van der Waals surface area contributed by atoms with Crippen LogP contribution >= 0.6 is 47.8 Å². The molecule has 7 heteroatoms. The highest BCUT2D eigenvalue weighted by Crippen LogP contribution is 2.10. The van der Waals surface area contributed by atoms with Crippen LogP contribution < -0.4 is 11.1 Å². The molecule has 2 rings (SSSR count). The Morgan fingerprint density at radius 1 is 0.895 bits per heavy atom. The first kappa shape index (κ1) is 18.5. The number of hydrogen-bond acceptors (Lipinski definition) is 4. The number of hydrogen-bond donors (Lipinski definition) is 2. The summed E-state index contributed by atoms with van der Waals surface area (Å²) in [4.78, 5) is 7.99. The monoisotopic (exact) mass is 452 g/mol. The third kappa shape index (κ3) is 9.10. The van der Waals surface area contributed by atoms with Gasteiger partial charge in [-0.25, -0.2) is 9.97 Å². The fraction of sp³-hybridized carbons (Fsp3) is 0.167. The van der Waals surface area contributed by atoms with Crippen LogP contribution in [0, 0.1) is 0 Å². The van der Waals surface area contributed by atoms with Crippen molar-refractivity contribution in [2.24, 2.45) is 5.73 Å². The maximum absolute atomic E-state index is 4.50.